The molecule has 3 heterocycles. The molecule has 0 radical (unpaired) electrons. The molecular formula is C18H20N4O5S. The summed E-state index contributed by atoms with van der Waals surface area (Å²) in [5, 5.41) is 35.2. The van der Waals surface area contributed by atoms with E-state index in [0.717, 1.165) is 10.8 Å². The van der Waals surface area contributed by atoms with E-state index in [-0.39, 0.29) is 0 Å². The minimum atomic E-state index is -1.22. The third-order valence-electron chi connectivity index (χ3n) is 4.45. The van der Waals surface area contributed by atoms with Crippen LogP contribution in [0, 0.1) is 0 Å². The fourth-order valence-electron chi connectivity index (χ4n) is 3.04. The number of aromatic nitrogens is 4. The third kappa shape index (κ3) is 3.69. The standard InChI is InChI=1S/C18H20N4O5S/c23-9-13-14(24)15(25)18(27-13)22-16-12(8-21-22)17(20-10-19-16)28-7-6-26-11-4-2-1-3-5-11/h1-5,8,10,13-15,18,23-25H,6-7,9H2/t13-,14-,15-,18-/m1/s1. The zero-order valence-corrected chi connectivity index (χ0v) is 15.6. The predicted molar refractivity (Wildman–Crippen MR) is 101 cm³/mol. The van der Waals surface area contributed by atoms with Crippen molar-refractivity contribution in [1.29, 1.82) is 0 Å². The molecule has 0 aliphatic carbocycles. The Bertz CT molecular complexity index is 925. The highest BCUT2D eigenvalue weighted by molar-refractivity contribution is 7.99. The smallest absolute Gasteiger partial charge is 0.181 e. The van der Waals surface area contributed by atoms with Crippen LogP contribution in [0.3, 0.4) is 0 Å². The monoisotopic (exact) mass is 404 g/mol. The Morgan fingerprint density at radius 2 is 1.96 bits per heavy atom. The quantitative estimate of drug-likeness (QED) is 0.295. The summed E-state index contributed by atoms with van der Waals surface area (Å²) in [7, 11) is 0. The highest BCUT2D eigenvalue weighted by Crippen LogP contribution is 2.32. The minimum Gasteiger partial charge on any atom is -0.493 e. The molecule has 10 heteroatoms. The van der Waals surface area contributed by atoms with Crippen LogP contribution >= 0.6 is 11.8 Å². The highest BCUT2D eigenvalue weighted by Gasteiger charge is 2.44. The van der Waals surface area contributed by atoms with Gasteiger partial charge < -0.3 is 24.8 Å². The first-order chi connectivity index (χ1) is 13.7. The molecule has 3 N–H and O–H groups in total. The Kier molecular flexibility index (Phi) is 5.74. The number of ether oxygens (including phenoxy) is 2. The van der Waals surface area contributed by atoms with Crippen molar-refractivity contribution in [2.24, 2.45) is 0 Å². The summed E-state index contributed by atoms with van der Waals surface area (Å²) in [6.45, 7) is 0.120. The van der Waals surface area contributed by atoms with Gasteiger partial charge in [0.2, 0.25) is 0 Å². The van der Waals surface area contributed by atoms with Crippen LogP contribution in [0.4, 0.5) is 0 Å². The summed E-state index contributed by atoms with van der Waals surface area (Å²) in [6.07, 6.45) is -1.19. The molecule has 4 atom stereocenters. The summed E-state index contributed by atoms with van der Waals surface area (Å²) in [4.78, 5) is 8.55. The zero-order chi connectivity index (χ0) is 19.5. The van der Waals surface area contributed by atoms with E-state index in [2.05, 4.69) is 15.1 Å². The Hall–Kier alpha value is -2.24. The van der Waals surface area contributed by atoms with E-state index in [9.17, 15) is 15.3 Å². The average molecular weight is 404 g/mol. The first kappa shape index (κ1) is 19.1. The van der Waals surface area contributed by atoms with E-state index in [1.807, 2.05) is 30.3 Å². The van der Waals surface area contributed by atoms with Gasteiger partial charge in [-0.25, -0.2) is 14.6 Å². The Morgan fingerprint density at radius 1 is 1.14 bits per heavy atom. The molecule has 1 aliphatic heterocycles. The second-order valence-electron chi connectivity index (χ2n) is 6.24. The molecule has 28 heavy (non-hydrogen) atoms. The maximum absolute atomic E-state index is 10.2. The van der Waals surface area contributed by atoms with Crippen molar-refractivity contribution in [3.05, 3.63) is 42.9 Å². The van der Waals surface area contributed by atoms with E-state index >= 15 is 0 Å². The second-order valence-corrected chi connectivity index (χ2v) is 7.33. The summed E-state index contributed by atoms with van der Waals surface area (Å²) in [6, 6.07) is 9.58. The lowest BCUT2D eigenvalue weighted by molar-refractivity contribution is -0.0566. The van der Waals surface area contributed by atoms with Crippen molar-refractivity contribution >= 4 is 22.8 Å². The topological polar surface area (TPSA) is 123 Å². The molecule has 2 aromatic heterocycles. The van der Waals surface area contributed by atoms with E-state index in [1.54, 1.807) is 6.20 Å². The van der Waals surface area contributed by atoms with Crippen LogP contribution in [0.25, 0.3) is 11.0 Å². The first-order valence-corrected chi connectivity index (χ1v) is 9.79. The van der Waals surface area contributed by atoms with Crippen molar-refractivity contribution in [3.63, 3.8) is 0 Å². The van der Waals surface area contributed by atoms with Crippen LogP contribution in [0.15, 0.2) is 47.9 Å². The molecule has 0 bridgehead atoms. The number of hydrogen-bond acceptors (Lipinski definition) is 9. The van der Waals surface area contributed by atoms with Crippen molar-refractivity contribution in [2.75, 3.05) is 19.0 Å². The molecule has 1 aromatic carbocycles. The predicted octanol–water partition coefficient (Wildman–Crippen LogP) is 0.609. The van der Waals surface area contributed by atoms with Gasteiger partial charge in [-0.15, -0.1) is 11.8 Å². The van der Waals surface area contributed by atoms with Crippen molar-refractivity contribution in [2.45, 2.75) is 29.6 Å². The normalized spacial score (nSPS) is 24.7. The number of hydrogen-bond donors (Lipinski definition) is 3. The fraction of sp³-hybridized carbons (Fsp3) is 0.389. The molecular weight excluding hydrogens is 384 g/mol. The van der Waals surface area contributed by atoms with Crippen LogP contribution in [-0.2, 0) is 4.74 Å². The Balaban J connectivity index is 1.46. The number of benzene rings is 1. The average Bonchev–Trinajstić information content (AvgIpc) is 3.28. The number of aliphatic hydroxyl groups excluding tert-OH is 3. The molecule has 0 amide bonds. The highest BCUT2D eigenvalue weighted by atomic mass is 32.2. The van der Waals surface area contributed by atoms with Gasteiger partial charge in [-0.1, -0.05) is 18.2 Å². The maximum atomic E-state index is 10.2. The van der Waals surface area contributed by atoms with E-state index in [4.69, 9.17) is 9.47 Å². The third-order valence-corrected chi connectivity index (χ3v) is 5.42. The largest absolute Gasteiger partial charge is 0.493 e. The van der Waals surface area contributed by atoms with Crippen molar-refractivity contribution < 1.29 is 24.8 Å². The number of aliphatic hydroxyl groups is 3. The number of thioether (sulfide) groups is 1. The van der Waals surface area contributed by atoms with Gasteiger partial charge in [0.15, 0.2) is 11.9 Å². The van der Waals surface area contributed by atoms with Gasteiger partial charge in [0.25, 0.3) is 0 Å². The van der Waals surface area contributed by atoms with Crippen LogP contribution in [0.2, 0.25) is 0 Å². The molecule has 1 saturated heterocycles. The molecule has 1 aliphatic rings. The summed E-state index contributed by atoms with van der Waals surface area (Å²) >= 11 is 1.51. The van der Waals surface area contributed by atoms with E-state index in [1.165, 1.54) is 22.8 Å². The molecule has 0 unspecified atom stereocenters. The molecule has 148 valence electrons. The lowest BCUT2D eigenvalue weighted by Crippen LogP contribution is -2.33. The second kappa shape index (κ2) is 8.41. The van der Waals surface area contributed by atoms with Gasteiger partial charge in [0, 0.05) is 5.75 Å². The van der Waals surface area contributed by atoms with Gasteiger partial charge in [0.1, 0.15) is 35.4 Å². The zero-order valence-electron chi connectivity index (χ0n) is 14.8. The summed E-state index contributed by atoms with van der Waals surface area (Å²) < 4.78 is 12.6. The minimum absolute atomic E-state index is 0.397. The summed E-state index contributed by atoms with van der Waals surface area (Å²) in [5.41, 5.74) is 0.483. The summed E-state index contributed by atoms with van der Waals surface area (Å²) in [5.74, 6) is 1.49. The van der Waals surface area contributed by atoms with Crippen LogP contribution in [0.1, 0.15) is 6.23 Å². The van der Waals surface area contributed by atoms with E-state index < -0.39 is 31.1 Å². The lowest BCUT2D eigenvalue weighted by atomic mass is 10.1. The number of nitrogens with zero attached hydrogens (tertiary/aromatic N) is 4. The molecule has 9 nitrogen and oxygen atoms in total. The van der Waals surface area contributed by atoms with Gasteiger partial charge >= 0.3 is 0 Å². The van der Waals surface area contributed by atoms with Crippen LogP contribution in [-0.4, -0.2) is 72.3 Å². The van der Waals surface area contributed by atoms with Crippen molar-refractivity contribution in [1.82, 2.24) is 19.7 Å². The Labute approximate surface area is 164 Å². The van der Waals surface area contributed by atoms with Crippen LogP contribution < -0.4 is 4.74 Å². The molecule has 3 aromatic rings. The van der Waals surface area contributed by atoms with Gasteiger partial charge in [-0.3, -0.25) is 0 Å². The Morgan fingerprint density at radius 3 is 2.71 bits per heavy atom. The number of rotatable bonds is 7. The van der Waals surface area contributed by atoms with Crippen molar-refractivity contribution in [3.8, 4) is 5.75 Å². The molecule has 1 fully saturated rings. The maximum Gasteiger partial charge on any atom is 0.181 e. The first-order valence-electron chi connectivity index (χ1n) is 8.80. The lowest BCUT2D eigenvalue weighted by Gasteiger charge is -2.15. The molecule has 4 rings (SSSR count). The fourth-order valence-corrected chi connectivity index (χ4v) is 3.82. The molecule has 0 saturated carbocycles. The van der Waals surface area contributed by atoms with E-state index in [0.29, 0.717) is 23.4 Å². The van der Waals surface area contributed by atoms with Gasteiger partial charge in [0.05, 0.1) is 24.8 Å². The number of fused-ring (bicyclic) bond motifs is 1. The van der Waals surface area contributed by atoms with Gasteiger partial charge in [-0.05, 0) is 12.1 Å². The molecule has 0 spiro atoms. The number of para-hydroxylation sites is 1. The van der Waals surface area contributed by atoms with Gasteiger partial charge in [-0.2, -0.15) is 5.10 Å². The van der Waals surface area contributed by atoms with Crippen LogP contribution in [0.5, 0.6) is 5.75 Å². The SMILES string of the molecule is OC[C@H]1O[C@@H](n2ncc3c(SCCOc4ccccc4)ncnc32)[C@H](O)[C@@H]1O.